The van der Waals surface area contributed by atoms with Gasteiger partial charge in [0.15, 0.2) is 5.54 Å². The Hall–Kier alpha value is -0.900. The first-order valence-electron chi connectivity index (χ1n) is 4.35. The largest absolute Gasteiger partial charge is 0.599 e. The highest BCUT2D eigenvalue weighted by Gasteiger charge is 2.20. The van der Waals surface area contributed by atoms with Crippen LogP contribution in [0.2, 0.25) is 0 Å². The van der Waals surface area contributed by atoms with Crippen LogP contribution in [0.15, 0.2) is 33.9 Å². The van der Waals surface area contributed by atoms with Crippen LogP contribution < -0.4 is 0 Å². The Balaban J connectivity index is 3.04. The zero-order valence-electron chi connectivity index (χ0n) is 8.49. The summed E-state index contributed by atoms with van der Waals surface area (Å²) in [4.78, 5) is 0.715. The second kappa shape index (κ2) is 4.09. The van der Waals surface area contributed by atoms with E-state index in [2.05, 4.69) is 21.0 Å². The van der Waals surface area contributed by atoms with Crippen LogP contribution >= 0.6 is 15.9 Å². The minimum Gasteiger partial charge on any atom is -0.599 e. The van der Waals surface area contributed by atoms with Crippen molar-refractivity contribution in [1.29, 1.82) is 0 Å². The monoisotopic (exact) mass is 256 g/mol. The summed E-state index contributed by atoms with van der Waals surface area (Å²) in [5, 5.41) is 15.5. The van der Waals surface area contributed by atoms with E-state index in [0.717, 1.165) is 4.47 Å². The Bertz CT molecular complexity index is 355. The molecule has 0 radical (unpaired) electrons. The molecule has 0 fully saturated rings. The molecule has 1 aromatic rings. The van der Waals surface area contributed by atoms with E-state index in [0.29, 0.717) is 10.5 Å². The van der Waals surface area contributed by atoms with Crippen LogP contribution in [0.4, 0.5) is 5.69 Å². The lowest BCUT2D eigenvalue weighted by Crippen LogP contribution is -2.26. The number of benzene rings is 1. The first kappa shape index (κ1) is 11.2. The Morgan fingerprint density at radius 3 is 2.36 bits per heavy atom. The van der Waals surface area contributed by atoms with E-state index in [1.165, 1.54) is 0 Å². The van der Waals surface area contributed by atoms with Crippen molar-refractivity contribution in [3.63, 3.8) is 0 Å². The van der Waals surface area contributed by atoms with E-state index in [1.807, 2.05) is 39.0 Å². The van der Waals surface area contributed by atoms with E-state index in [9.17, 15) is 5.21 Å². The molecule has 0 aliphatic rings. The molecule has 76 valence electrons. The van der Waals surface area contributed by atoms with Crippen LogP contribution in [0.25, 0.3) is 0 Å². The summed E-state index contributed by atoms with van der Waals surface area (Å²) in [6.07, 6.45) is 0. The Kier molecular flexibility index (Phi) is 3.26. The normalized spacial score (nSPS) is 13.0. The van der Waals surface area contributed by atoms with Crippen molar-refractivity contribution < 1.29 is 4.86 Å². The lowest BCUT2D eigenvalue weighted by Gasteiger charge is -2.15. The molecular formula is C10H13BrN2O. The summed E-state index contributed by atoms with van der Waals surface area (Å²) in [6.45, 7) is 5.46. The third-order valence-electron chi connectivity index (χ3n) is 1.62. The molecule has 0 saturated carbocycles. The van der Waals surface area contributed by atoms with E-state index >= 15 is 0 Å². The van der Waals surface area contributed by atoms with Crippen molar-refractivity contribution in [2.75, 3.05) is 0 Å². The maximum absolute atomic E-state index is 11.5. The molecular weight excluding hydrogens is 244 g/mol. The second-order valence-electron chi connectivity index (χ2n) is 4.00. The molecule has 1 rings (SSSR count). The predicted octanol–water partition coefficient (Wildman–Crippen LogP) is 3.84. The summed E-state index contributed by atoms with van der Waals surface area (Å²) in [5.74, 6) is 0. The molecule has 14 heavy (non-hydrogen) atoms. The molecule has 0 heterocycles. The molecule has 0 N–H and O–H groups in total. The number of rotatable bonds is 1. The Labute approximate surface area is 92.2 Å². The van der Waals surface area contributed by atoms with E-state index in [-0.39, 0.29) is 0 Å². The summed E-state index contributed by atoms with van der Waals surface area (Å²) in [7, 11) is 0. The predicted molar refractivity (Wildman–Crippen MR) is 59.6 cm³/mol. The fourth-order valence-electron chi connectivity index (χ4n) is 0.781. The fourth-order valence-corrected chi connectivity index (χ4v) is 1.14. The first-order valence-corrected chi connectivity index (χ1v) is 5.14. The summed E-state index contributed by atoms with van der Waals surface area (Å²) < 4.78 is 0.824. The molecule has 1 aromatic carbocycles. The topological polar surface area (TPSA) is 38.4 Å². The lowest BCUT2D eigenvalue weighted by atomic mass is 10.1. The third-order valence-corrected chi connectivity index (χ3v) is 2.30. The Morgan fingerprint density at radius 1 is 1.29 bits per heavy atom. The zero-order chi connectivity index (χ0) is 10.8. The van der Waals surface area contributed by atoms with Crippen LogP contribution in [0, 0.1) is 5.21 Å². The van der Waals surface area contributed by atoms with Gasteiger partial charge in [0.2, 0.25) is 0 Å². The van der Waals surface area contributed by atoms with Crippen molar-refractivity contribution in [3.05, 3.63) is 33.9 Å². The van der Waals surface area contributed by atoms with Crippen LogP contribution in [-0.4, -0.2) is 10.4 Å². The number of nitrogens with zero attached hydrogens (tertiary/aromatic N) is 2. The van der Waals surface area contributed by atoms with Crippen LogP contribution in [0.5, 0.6) is 0 Å². The standard InChI is InChI=1S/C10H13BrN2O/c1-10(2,3)13(14)12-9-7-5-4-6-8(9)11/h4-7H,1-3H3. The van der Waals surface area contributed by atoms with Crippen molar-refractivity contribution in [1.82, 2.24) is 0 Å². The third kappa shape index (κ3) is 2.80. The van der Waals surface area contributed by atoms with E-state index in [4.69, 9.17) is 0 Å². The van der Waals surface area contributed by atoms with Crippen LogP contribution in [0.1, 0.15) is 20.8 Å². The number of hydrogen-bond acceptors (Lipinski definition) is 2. The SMILES string of the molecule is CC(C)(C)[N+]([O-])=Nc1ccccc1Br. The van der Waals surface area contributed by atoms with E-state index < -0.39 is 5.54 Å². The van der Waals surface area contributed by atoms with Gasteiger partial charge in [0.25, 0.3) is 0 Å². The first-order chi connectivity index (χ1) is 6.41. The fraction of sp³-hybridized carbons (Fsp3) is 0.400. The molecule has 0 atom stereocenters. The molecule has 3 nitrogen and oxygen atoms in total. The molecule has 0 aliphatic carbocycles. The highest BCUT2D eigenvalue weighted by molar-refractivity contribution is 9.10. The quantitative estimate of drug-likeness (QED) is 0.428. The van der Waals surface area contributed by atoms with Crippen molar-refractivity contribution in [2.45, 2.75) is 26.3 Å². The Morgan fingerprint density at radius 2 is 1.86 bits per heavy atom. The average molecular weight is 257 g/mol. The van der Waals surface area contributed by atoms with Gasteiger partial charge < -0.3 is 5.21 Å². The van der Waals surface area contributed by atoms with Gasteiger partial charge in [0, 0.05) is 30.4 Å². The molecule has 0 saturated heterocycles. The van der Waals surface area contributed by atoms with Gasteiger partial charge in [0.1, 0.15) is 5.69 Å². The molecule has 0 aliphatic heterocycles. The van der Waals surface area contributed by atoms with Gasteiger partial charge in [-0.3, -0.25) is 0 Å². The second-order valence-corrected chi connectivity index (χ2v) is 4.85. The molecule has 4 heteroatoms. The van der Waals surface area contributed by atoms with Gasteiger partial charge >= 0.3 is 0 Å². The van der Waals surface area contributed by atoms with Crippen molar-refractivity contribution >= 4 is 21.6 Å². The number of halogens is 1. The molecule has 0 spiro atoms. The van der Waals surface area contributed by atoms with Gasteiger partial charge in [-0.25, -0.2) is 0 Å². The summed E-state index contributed by atoms with van der Waals surface area (Å²) in [6, 6.07) is 7.38. The van der Waals surface area contributed by atoms with Crippen molar-refractivity contribution in [3.8, 4) is 0 Å². The smallest absolute Gasteiger partial charge is 0.191 e. The minimum atomic E-state index is -0.505. The maximum Gasteiger partial charge on any atom is 0.191 e. The summed E-state index contributed by atoms with van der Waals surface area (Å²) in [5.41, 5.74) is 0.146. The van der Waals surface area contributed by atoms with Gasteiger partial charge in [-0.2, -0.15) is 0 Å². The number of hydroxylamine groups is 1. The highest BCUT2D eigenvalue weighted by atomic mass is 79.9. The number of hydrogen-bond donors (Lipinski definition) is 0. The highest BCUT2D eigenvalue weighted by Crippen LogP contribution is 2.25. The van der Waals surface area contributed by atoms with Crippen LogP contribution in [-0.2, 0) is 0 Å². The van der Waals surface area contributed by atoms with Gasteiger partial charge in [-0.15, -0.1) is 0 Å². The maximum atomic E-state index is 11.5. The number of azo groups is 1. The van der Waals surface area contributed by atoms with Gasteiger partial charge in [-0.05, 0) is 28.1 Å². The molecule has 0 aromatic heterocycles. The molecule has 0 unspecified atom stereocenters. The zero-order valence-corrected chi connectivity index (χ0v) is 10.1. The van der Waals surface area contributed by atoms with Crippen molar-refractivity contribution in [2.24, 2.45) is 5.11 Å². The van der Waals surface area contributed by atoms with Crippen LogP contribution in [0.3, 0.4) is 0 Å². The minimum absolute atomic E-state index is 0.505. The molecule has 0 bridgehead atoms. The molecule has 0 amide bonds. The average Bonchev–Trinajstić information content (AvgIpc) is 2.07. The lowest BCUT2D eigenvalue weighted by molar-refractivity contribution is -0.594. The van der Waals surface area contributed by atoms with E-state index in [1.54, 1.807) is 6.07 Å². The summed E-state index contributed by atoms with van der Waals surface area (Å²) >= 11 is 3.33. The van der Waals surface area contributed by atoms with Gasteiger partial charge in [-0.1, -0.05) is 17.0 Å². The van der Waals surface area contributed by atoms with Gasteiger partial charge in [0.05, 0.1) is 0 Å².